The maximum absolute atomic E-state index is 14.0. The summed E-state index contributed by atoms with van der Waals surface area (Å²) in [7, 11) is 3.10. The topological polar surface area (TPSA) is 59.0 Å². The zero-order chi connectivity index (χ0) is 20.3. The van der Waals surface area contributed by atoms with Crippen molar-refractivity contribution in [1.29, 1.82) is 0 Å². The number of rotatable bonds is 6. The fraction of sp³-hybridized carbons (Fsp3) is 0.381. The number of carboxylic acid groups (broad SMARTS) is 1. The van der Waals surface area contributed by atoms with E-state index in [9.17, 15) is 14.3 Å². The average molecular weight is 452 g/mol. The van der Waals surface area contributed by atoms with E-state index >= 15 is 0 Å². The third-order valence-corrected chi connectivity index (χ3v) is 5.81. The molecule has 1 fully saturated rings. The van der Waals surface area contributed by atoms with Crippen LogP contribution in [0.25, 0.3) is 0 Å². The summed E-state index contributed by atoms with van der Waals surface area (Å²) < 4.78 is 25.6. The van der Waals surface area contributed by atoms with Gasteiger partial charge in [-0.1, -0.05) is 34.5 Å². The minimum absolute atomic E-state index is 0.358. The van der Waals surface area contributed by atoms with Crippen LogP contribution in [0, 0.1) is 5.82 Å². The van der Waals surface area contributed by atoms with Gasteiger partial charge in [0.15, 0.2) is 11.5 Å². The van der Waals surface area contributed by atoms with Crippen molar-refractivity contribution >= 4 is 21.9 Å². The Morgan fingerprint density at radius 2 is 1.93 bits per heavy atom. The van der Waals surface area contributed by atoms with Gasteiger partial charge in [-0.2, -0.15) is 0 Å². The van der Waals surface area contributed by atoms with Crippen molar-refractivity contribution in [2.24, 2.45) is 0 Å². The van der Waals surface area contributed by atoms with Crippen LogP contribution in [0.2, 0.25) is 0 Å². The van der Waals surface area contributed by atoms with Crippen molar-refractivity contribution < 1.29 is 23.8 Å². The minimum atomic E-state index is -0.863. The molecule has 0 aliphatic carbocycles. The summed E-state index contributed by atoms with van der Waals surface area (Å²) in [5, 5.41) is 9.79. The van der Waals surface area contributed by atoms with Gasteiger partial charge in [0.05, 0.1) is 20.3 Å². The monoisotopic (exact) mass is 451 g/mol. The second-order valence-corrected chi connectivity index (χ2v) is 7.63. The molecule has 2 aromatic carbocycles. The molecule has 1 N–H and O–H groups in total. The molecule has 3 rings (SSSR count). The fourth-order valence-corrected chi connectivity index (χ4v) is 4.37. The Morgan fingerprint density at radius 3 is 2.57 bits per heavy atom. The standard InChI is InChI=1S/C21H23BrFNO4/c1-27-18-11-15(16(22)12-19(18)28-2)20(13-6-5-7-14(23)10-13)24-9-4-3-8-17(24)21(25)26/h5-7,10-12,17,20H,3-4,8-9H2,1-2H3,(H,25,26). The highest BCUT2D eigenvalue weighted by atomic mass is 79.9. The van der Waals surface area contributed by atoms with Crippen LogP contribution in [0.1, 0.15) is 36.4 Å². The fourth-order valence-electron chi connectivity index (χ4n) is 3.83. The van der Waals surface area contributed by atoms with Crippen molar-refractivity contribution in [1.82, 2.24) is 4.90 Å². The number of carboxylic acids is 1. The number of hydrogen-bond donors (Lipinski definition) is 1. The van der Waals surface area contributed by atoms with Crippen molar-refractivity contribution in [2.75, 3.05) is 20.8 Å². The van der Waals surface area contributed by atoms with E-state index in [1.54, 1.807) is 26.4 Å². The van der Waals surface area contributed by atoms with Gasteiger partial charge in [-0.15, -0.1) is 0 Å². The molecule has 1 aliphatic rings. The number of ether oxygens (including phenoxy) is 2. The Morgan fingerprint density at radius 1 is 1.21 bits per heavy atom. The molecule has 2 aromatic rings. The average Bonchev–Trinajstić information content (AvgIpc) is 2.69. The van der Waals surface area contributed by atoms with Crippen molar-refractivity contribution in [3.63, 3.8) is 0 Å². The van der Waals surface area contributed by atoms with Gasteiger partial charge < -0.3 is 14.6 Å². The summed E-state index contributed by atoms with van der Waals surface area (Å²) in [5.74, 6) is -0.129. The largest absolute Gasteiger partial charge is 0.493 e. The molecule has 0 bridgehead atoms. The number of likely N-dealkylation sites (tertiary alicyclic amines) is 1. The predicted molar refractivity (Wildman–Crippen MR) is 107 cm³/mol. The SMILES string of the molecule is COc1cc(Br)c(C(c2cccc(F)c2)N2CCCCC2C(=O)O)cc1OC. The lowest BCUT2D eigenvalue weighted by molar-refractivity contribution is -0.145. The predicted octanol–water partition coefficient (Wildman–Crippen LogP) is 4.63. The Balaban J connectivity index is 2.18. The van der Waals surface area contributed by atoms with E-state index in [2.05, 4.69) is 15.9 Å². The molecule has 0 saturated carbocycles. The summed E-state index contributed by atoms with van der Waals surface area (Å²) in [4.78, 5) is 13.9. The molecule has 1 heterocycles. The van der Waals surface area contributed by atoms with E-state index in [0.29, 0.717) is 30.0 Å². The molecule has 1 aliphatic heterocycles. The number of hydrogen-bond acceptors (Lipinski definition) is 4. The van der Waals surface area contributed by atoms with Gasteiger partial charge in [-0.3, -0.25) is 9.69 Å². The molecular formula is C21H23BrFNO4. The van der Waals surface area contributed by atoms with Crippen LogP contribution in [0.5, 0.6) is 11.5 Å². The summed E-state index contributed by atoms with van der Waals surface area (Å²) in [5.41, 5.74) is 1.50. The first kappa shape index (κ1) is 20.6. The number of piperidine rings is 1. The smallest absolute Gasteiger partial charge is 0.320 e. The van der Waals surface area contributed by atoms with Crippen molar-refractivity contribution in [3.05, 3.63) is 57.8 Å². The molecule has 2 unspecified atom stereocenters. The van der Waals surface area contributed by atoms with E-state index in [1.807, 2.05) is 17.0 Å². The van der Waals surface area contributed by atoms with Crippen LogP contribution in [0.15, 0.2) is 40.9 Å². The molecule has 28 heavy (non-hydrogen) atoms. The Bertz CT molecular complexity index is 860. The number of methoxy groups -OCH3 is 2. The van der Waals surface area contributed by atoms with Crippen LogP contribution in [-0.2, 0) is 4.79 Å². The second kappa shape index (κ2) is 8.92. The maximum atomic E-state index is 14.0. The highest BCUT2D eigenvalue weighted by molar-refractivity contribution is 9.10. The van der Waals surface area contributed by atoms with Gasteiger partial charge in [0.25, 0.3) is 0 Å². The molecule has 2 atom stereocenters. The molecule has 1 saturated heterocycles. The van der Waals surface area contributed by atoms with Crippen LogP contribution >= 0.6 is 15.9 Å². The van der Waals surface area contributed by atoms with Crippen LogP contribution in [-0.4, -0.2) is 42.8 Å². The van der Waals surface area contributed by atoms with Gasteiger partial charge in [0, 0.05) is 4.47 Å². The number of carbonyl (C=O) groups is 1. The molecule has 0 amide bonds. The first-order chi connectivity index (χ1) is 13.5. The summed E-state index contributed by atoms with van der Waals surface area (Å²) in [6.07, 6.45) is 2.31. The number of halogens is 2. The molecule has 0 aromatic heterocycles. The van der Waals surface area contributed by atoms with E-state index in [0.717, 1.165) is 22.9 Å². The van der Waals surface area contributed by atoms with Gasteiger partial charge >= 0.3 is 5.97 Å². The van der Waals surface area contributed by atoms with Crippen LogP contribution in [0.4, 0.5) is 4.39 Å². The van der Waals surface area contributed by atoms with Crippen LogP contribution in [0.3, 0.4) is 0 Å². The summed E-state index contributed by atoms with van der Waals surface area (Å²) in [6.45, 7) is 0.610. The van der Waals surface area contributed by atoms with E-state index in [-0.39, 0.29) is 5.82 Å². The highest BCUT2D eigenvalue weighted by Crippen LogP contribution is 2.42. The third-order valence-electron chi connectivity index (χ3n) is 5.12. The molecule has 150 valence electrons. The molecule has 0 radical (unpaired) electrons. The third kappa shape index (κ3) is 4.15. The quantitative estimate of drug-likeness (QED) is 0.693. The Hall–Kier alpha value is -2.12. The normalized spacial score (nSPS) is 18.5. The minimum Gasteiger partial charge on any atom is -0.493 e. The lowest BCUT2D eigenvalue weighted by atomic mass is 9.91. The van der Waals surface area contributed by atoms with E-state index in [4.69, 9.17) is 9.47 Å². The van der Waals surface area contributed by atoms with E-state index in [1.165, 1.54) is 12.1 Å². The first-order valence-electron chi connectivity index (χ1n) is 9.11. The Labute approximate surface area is 172 Å². The zero-order valence-corrected chi connectivity index (χ0v) is 17.4. The lowest BCUT2D eigenvalue weighted by Crippen LogP contribution is -2.47. The van der Waals surface area contributed by atoms with Crippen molar-refractivity contribution in [2.45, 2.75) is 31.3 Å². The maximum Gasteiger partial charge on any atom is 0.320 e. The summed E-state index contributed by atoms with van der Waals surface area (Å²) >= 11 is 3.59. The highest BCUT2D eigenvalue weighted by Gasteiger charge is 2.36. The first-order valence-corrected chi connectivity index (χ1v) is 9.91. The molecule has 7 heteroatoms. The van der Waals surface area contributed by atoms with Crippen molar-refractivity contribution in [3.8, 4) is 11.5 Å². The van der Waals surface area contributed by atoms with Gasteiger partial charge in [-0.25, -0.2) is 4.39 Å². The van der Waals surface area contributed by atoms with Crippen LogP contribution < -0.4 is 9.47 Å². The lowest BCUT2D eigenvalue weighted by Gasteiger charge is -2.40. The number of nitrogens with zero attached hydrogens (tertiary/aromatic N) is 1. The number of benzene rings is 2. The zero-order valence-electron chi connectivity index (χ0n) is 15.8. The molecule has 5 nitrogen and oxygen atoms in total. The van der Waals surface area contributed by atoms with Gasteiger partial charge in [0.2, 0.25) is 0 Å². The number of aliphatic carboxylic acids is 1. The second-order valence-electron chi connectivity index (χ2n) is 6.77. The van der Waals surface area contributed by atoms with E-state index < -0.39 is 18.1 Å². The van der Waals surface area contributed by atoms with Gasteiger partial charge in [0.1, 0.15) is 11.9 Å². The molecule has 0 spiro atoms. The summed E-state index contributed by atoms with van der Waals surface area (Å²) in [6, 6.07) is 8.85. The Kier molecular flexibility index (Phi) is 6.57. The van der Waals surface area contributed by atoms with Gasteiger partial charge in [-0.05, 0) is 54.8 Å². The molecular weight excluding hydrogens is 429 g/mol.